The molecular weight excluding hydrogens is 467 g/mol. The van der Waals surface area contributed by atoms with Crippen molar-refractivity contribution in [1.29, 1.82) is 0 Å². The maximum absolute atomic E-state index is 13.5. The van der Waals surface area contributed by atoms with Gasteiger partial charge in [-0.25, -0.2) is 5.01 Å². The number of nitrogens with one attached hydrogen (secondary N) is 1. The monoisotopic (exact) mass is 497 g/mol. The van der Waals surface area contributed by atoms with E-state index in [-0.39, 0.29) is 22.4 Å². The summed E-state index contributed by atoms with van der Waals surface area (Å²) in [6.45, 7) is 3.75. The highest BCUT2D eigenvalue weighted by Crippen LogP contribution is 2.38. The lowest BCUT2D eigenvalue weighted by Gasteiger charge is -2.29. The Morgan fingerprint density at radius 1 is 1.12 bits per heavy atom. The zero-order valence-electron chi connectivity index (χ0n) is 19.3. The summed E-state index contributed by atoms with van der Waals surface area (Å²) in [5, 5.41) is 12.6. The number of carbonyl (C=O) groups is 1. The van der Waals surface area contributed by atoms with Crippen molar-refractivity contribution in [1.82, 2.24) is 15.0 Å². The van der Waals surface area contributed by atoms with Gasteiger partial charge in [0, 0.05) is 41.8 Å². The molecule has 1 aromatic heterocycles. The van der Waals surface area contributed by atoms with Crippen LogP contribution in [-0.4, -0.2) is 39.8 Å². The molecule has 2 aromatic rings. The molecule has 2 heterocycles. The fraction of sp³-hybridized carbons (Fsp3) is 0.560. The van der Waals surface area contributed by atoms with Gasteiger partial charge in [-0.15, -0.1) is 0 Å². The van der Waals surface area contributed by atoms with E-state index in [0.29, 0.717) is 29.9 Å². The Morgan fingerprint density at radius 2 is 1.82 bits per heavy atom. The predicted molar refractivity (Wildman–Crippen MR) is 125 cm³/mol. The Kier molecular flexibility index (Phi) is 7.60. The smallest absolute Gasteiger partial charge is 0.393 e. The number of piperidine rings is 1. The van der Waals surface area contributed by atoms with Crippen molar-refractivity contribution < 1.29 is 23.1 Å². The van der Waals surface area contributed by atoms with Gasteiger partial charge in [0.25, 0.3) is 5.91 Å². The lowest BCUT2D eigenvalue weighted by atomic mass is 9.86. The van der Waals surface area contributed by atoms with E-state index in [1.54, 1.807) is 13.0 Å². The van der Waals surface area contributed by atoms with Gasteiger partial charge in [0.2, 0.25) is 0 Å². The van der Waals surface area contributed by atoms with Crippen LogP contribution in [0.15, 0.2) is 24.3 Å². The third kappa shape index (κ3) is 5.44. The van der Waals surface area contributed by atoms with E-state index in [0.717, 1.165) is 63.7 Å². The zero-order chi connectivity index (χ0) is 24.5. The zero-order valence-corrected chi connectivity index (χ0v) is 20.1. The molecule has 4 rings (SSSR count). The molecule has 1 aliphatic heterocycles. The number of hydrogen-bond acceptors (Lipinski definition) is 3. The maximum atomic E-state index is 13.5. The SMILES string of the molecule is Cc1c(C(=O)NN2CCCCC2)cc(-c2cc(C(F)(F)F)ccc2Cl)n1C[C@H]1CCCC[C@H]1O. The number of rotatable bonds is 5. The first-order valence-corrected chi connectivity index (χ1v) is 12.3. The second-order valence-electron chi connectivity index (χ2n) is 9.43. The number of aromatic nitrogens is 1. The van der Waals surface area contributed by atoms with E-state index in [1.165, 1.54) is 6.07 Å². The minimum absolute atomic E-state index is 0.0406. The summed E-state index contributed by atoms with van der Waals surface area (Å²) in [6.07, 6.45) is 1.61. The number of aliphatic hydroxyl groups excluding tert-OH is 1. The van der Waals surface area contributed by atoms with Crippen molar-refractivity contribution in [3.63, 3.8) is 0 Å². The standard InChI is InChI=1S/C25H31ClF3N3O2/c1-16-19(24(34)30-31-11-5-2-6-12-31)14-22(32(16)15-17-7-3-4-8-23(17)33)20-13-18(25(27,28)29)9-10-21(20)26/h9-10,13-14,17,23,33H,2-8,11-12,15H2,1H3,(H,30,34)/t17-,23-/m1/s1. The minimum atomic E-state index is -4.51. The summed E-state index contributed by atoms with van der Waals surface area (Å²) in [4.78, 5) is 13.2. The van der Waals surface area contributed by atoms with Crippen molar-refractivity contribution in [2.24, 2.45) is 5.92 Å². The van der Waals surface area contributed by atoms with Gasteiger partial charge in [0.15, 0.2) is 0 Å². The Morgan fingerprint density at radius 3 is 2.50 bits per heavy atom. The van der Waals surface area contributed by atoms with E-state index in [9.17, 15) is 23.1 Å². The Labute approximate surface area is 202 Å². The number of hydrogen-bond donors (Lipinski definition) is 2. The molecule has 0 spiro atoms. The van der Waals surface area contributed by atoms with Crippen molar-refractivity contribution in [3.05, 3.63) is 46.1 Å². The number of hydrazine groups is 1. The molecule has 34 heavy (non-hydrogen) atoms. The molecule has 0 radical (unpaired) electrons. The second kappa shape index (κ2) is 10.3. The topological polar surface area (TPSA) is 57.5 Å². The first-order chi connectivity index (χ1) is 16.1. The third-order valence-corrected chi connectivity index (χ3v) is 7.41. The number of alkyl halides is 3. The molecule has 2 N–H and O–H groups in total. The van der Waals surface area contributed by atoms with Crippen molar-refractivity contribution in [2.45, 2.75) is 70.7 Å². The first-order valence-electron chi connectivity index (χ1n) is 12.0. The largest absolute Gasteiger partial charge is 0.416 e. The quantitative estimate of drug-likeness (QED) is 0.547. The summed E-state index contributed by atoms with van der Waals surface area (Å²) < 4.78 is 42.2. The van der Waals surface area contributed by atoms with Gasteiger partial charge in [-0.3, -0.25) is 10.2 Å². The van der Waals surface area contributed by atoms with Gasteiger partial charge in [0.1, 0.15) is 0 Å². The van der Waals surface area contributed by atoms with Gasteiger partial charge in [-0.2, -0.15) is 13.2 Å². The maximum Gasteiger partial charge on any atom is 0.416 e. The molecule has 1 aliphatic carbocycles. The molecule has 1 amide bonds. The van der Waals surface area contributed by atoms with E-state index in [4.69, 9.17) is 11.6 Å². The molecule has 1 saturated carbocycles. The van der Waals surface area contributed by atoms with Crippen LogP contribution in [-0.2, 0) is 12.7 Å². The van der Waals surface area contributed by atoms with Crippen LogP contribution >= 0.6 is 11.6 Å². The predicted octanol–water partition coefficient (Wildman–Crippen LogP) is 5.82. The number of amides is 1. The molecule has 186 valence electrons. The molecule has 2 atom stereocenters. The van der Waals surface area contributed by atoms with E-state index < -0.39 is 17.8 Å². The molecule has 0 bridgehead atoms. The molecule has 2 aliphatic rings. The number of aliphatic hydroxyl groups is 1. The fourth-order valence-electron chi connectivity index (χ4n) is 5.08. The van der Waals surface area contributed by atoms with Crippen LogP contribution in [0.1, 0.15) is 66.6 Å². The molecule has 5 nitrogen and oxygen atoms in total. The summed E-state index contributed by atoms with van der Waals surface area (Å²) in [5.74, 6) is -0.326. The van der Waals surface area contributed by atoms with Crippen LogP contribution in [0.2, 0.25) is 5.02 Å². The van der Waals surface area contributed by atoms with Crippen LogP contribution < -0.4 is 5.43 Å². The lowest BCUT2D eigenvalue weighted by molar-refractivity contribution is -0.137. The van der Waals surface area contributed by atoms with Crippen LogP contribution in [0.25, 0.3) is 11.3 Å². The van der Waals surface area contributed by atoms with E-state index in [2.05, 4.69) is 5.43 Å². The van der Waals surface area contributed by atoms with Crippen molar-refractivity contribution in [2.75, 3.05) is 13.1 Å². The molecular formula is C25H31ClF3N3O2. The summed E-state index contributed by atoms with van der Waals surface area (Å²) in [5.41, 5.74) is 3.88. The van der Waals surface area contributed by atoms with Crippen LogP contribution in [0.5, 0.6) is 0 Å². The van der Waals surface area contributed by atoms with Crippen LogP contribution in [0.3, 0.4) is 0 Å². The number of benzene rings is 1. The third-order valence-electron chi connectivity index (χ3n) is 7.08. The van der Waals surface area contributed by atoms with Gasteiger partial charge >= 0.3 is 6.18 Å². The number of nitrogens with zero attached hydrogens (tertiary/aromatic N) is 2. The Bertz CT molecular complexity index is 1030. The van der Waals surface area contributed by atoms with Crippen LogP contribution in [0, 0.1) is 12.8 Å². The summed E-state index contributed by atoms with van der Waals surface area (Å²) >= 11 is 6.38. The molecule has 9 heteroatoms. The highest BCUT2D eigenvalue weighted by atomic mass is 35.5. The normalized spacial score (nSPS) is 22.1. The molecule has 0 unspecified atom stereocenters. The minimum Gasteiger partial charge on any atom is -0.393 e. The average Bonchev–Trinajstić information content (AvgIpc) is 3.11. The van der Waals surface area contributed by atoms with Gasteiger partial charge < -0.3 is 9.67 Å². The Balaban J connectivity index is 1.75. The number of halogens is 4. The summed E-state index contributed by atoms with van der Waals surface area (Å²) in [7, 11) is 0. The average molecular weight is 498 g/mol. The van der Waals surface area contributed by atoms with Crippen molar-refractivity contribution >= 4 is 17.5 Å². The molecule has 2 fully saturated rings. The molecule has 1 aromatic carbocycles. The summed E-state index contributed by atoms with van der Waals surface area (Å²) in [6, 6.07) is 4.87. The molecule has 1 saturated heterocycles. The first kappa shape index (κ1) is 25.1. The van der Waals surface area contributed by atoms with Gasteiger partial charge in [-0.1, -0.05) is 30.9 Å². The second-order valence-corrected chi connectivity index (χ2v) is 9.84. The van der Waals surface area contributed by atoms with E-state index in [1.807, 2.05) is 9.58 Å². The highest BCUT2D eigenvalue weighted by Gasteiger charge is 2.32. The lowest BCUT2D eigenvalue weighted by Crippen LogP contribution is -2.45. The highest BCUT2D eigenvalue weighted by molar-refractivity contribution is 6.33. The van der Waals surface area contributed by atoms with E-state index >= 15 is 0 Å². The van der Waals surface area contributed by atoms with Crippen LogP contribution in [0.4, 0.5) is 13.2 Å². The number of carbonyl (C=O) groups excluding carboxylic acids is 1. The van der Waals surface area contributed by atoms with Crippen molar-refractivity contribution in [3.8, 4) is 11.3 Å². The Hall–Kier alpha value is -2.03. The van der Waals surface area contributed by atoms with Gasteiger partial charge in [0.05, 0.1) is 22.9 Å². The fourth-order valence-corrected chi connectivity index (χ4v) is 5.29. The van der Waals surface area contributed by atoms with Gasteiger partial charge in [-0.05, 0) is 56.9 Å².